The third-order valence-corrected chi connectivity index (χ3v) is 9.01. The molecule has 2 aliphatic heterocycles. The SMILES string of the molecule is C=CCN1CC(=O)N2[C@@H](Cc3ccc(C(=O)NO)cc3)C(=O)N(Cc3cccc4scnc34)C[C@@H]2N1C(=O)NCc1ccccc1. The standard InChI is InChI=1S/C33H33N7O5S/c1-2-15-38-20-29(41)39-26(16-22-11-13-24(14-12-22)31(42)36-45)32(43)37(18-25-9-6-10-27-30(25)35-21-46-27)19-28(39)40(38)33(44)34-17-23-7-4-3-5-8-23/h2-14,21,26,28,45H,1,15-20H2,(H,34,44)(H,36,42)/t26-,28-/m0/s1. The molecular weight excluding hydrogens is 606 g/mol. The summed E-state index contributed by atoms with van der Waals surface area (Å²) in [4.78, 5) is 61.7. The minimum Gasteiger partial charge on any atom is -0.333 e. The van der Waals surface area contributed by atoms with Crippen molar-refractivity contribution in [2.75, 3.05) is 19.6 Å². The van der Waals surface area contributed by atoms with Crippen LogP contribution in [0, 0.1) is 0 Å². The second-order valence-corrected chi connectivity index (χ2v) is 12.0. The van der Waals surface area contributed by atoms with Gasteiger partial charge in [0.2, 0.25) is 11.8 Å². The molecule has 2 fully saturated rings. The van der Waals surface area contributed by atoms with Gasteiger partial charge in [0.05, 0.1) is 28.8 Å². The van der Waals surface area contributed by atoms with Gasteiger partial charge in [-0.05, 0) is 34.9 Å². The Kier molecular flexibility index (Phi) is 9.06. The molecule has 2 atom stereocenters. The number of fused-ring (bicyclic) bond motifs is 2. The summed E-state index contributed by atoms with van der Waals surface area (Å²) in [5.74, 6) is -1.20. The number of benzene rings is 3. The number of carbonyl (C=O) groups excluding carboxylic acids is 4. The monoisotopic (exact) mass is 639 g/mol. The van der Waals surface area contributed by atoms with Crippen molar-refractivity contribution in [2.45, 2.75) is 31.7 Å². The van der Waals surface area contributed by atoms with Gasteiger partial charge >= 0.3 is 6.03 Å². The van der Waals surface area contributed by atoms with Crippen LogP contribution in [0.5, 0.6) is 0 Å². The molecule has 46 heavy (non-hydrogen) atoms. The summed E-state index contributed by atoms with van der Waals surface area (Å²) in [5, 5.41) is 15.2. The van der Waals surface area contributed by atoms with E-state index in [0.717, 1.165) is 21.3 Å². The number of piperazine rings is 1. The molecule has 1 aromatic heterocycles. The second-order valence-electron chi connectivity index (χ2n) is 11.1. The van der Waals surface area contributed by atoms with Crippen LogP contribution in [-0.2, 0) is 29.1 Å². The Bertz CT molecular complexity index is 1760. The zero-order valence-corrected chi connectivity index (χ0v) is 25.7. The van der Waals surface area contributed by atoms with E-state index in [1.165, 1.54) is 21.2 Å². The summed E-state index contributed by atoms with van der Waals surface area (Å²) < 4.78 is 0.999. The topological polar surface area (TPSA) is 138 Å². The lowest BCUT2D eigenvalue weighted by Crippen LogP contribution is -2.76. The van der Waals surface area contributed by atoms with Gasteiger partial charge in [0.1, 0.15) is 12.2 Å². The summed E-state index contributed by atoms with van der Waals surface area (Å²) >= 11 is 1.51. The van der Waals surface area contributed by atoms with Gasteiger partial charge in [-0.15, -0.1) is 17.9 Å². The number of nitrogens with one attached hydrogen (secondary N) is 2. The molecule has 0 radical (unpaired) electrons. The maximum atomic E-state index is 14.3. The number of hydroxylamine groups is 1. The minimum atomic E-state index is -0.922. The highest BCUT2D eigenvalue weighted by Gasteiger charge is 2.51. The first kappa shape index (κ1) is 30.9. The van der Waals surface area contributed by atoms with Gasteiger partial charge < -0.3 is 15.1 Å². The first-order chi connectivity index (χ1) is 22.4. The number of urea groups is 1. The van der Waals surface area contributed by atoms with Crippen LogP contribution in [0.2, 0.25) is 0 Å². The average Bonchev–Trinajstić information content (AvgIpc) is 3.56. The second kappa shape index (κ2) is 13.5. The highest BCUT2D eigenvalue weighted by atomic mass is 32.1. The molecule has 0 aliphatic carbocycles. The lowest BCUT2D eigenvalue weighted by Gasteiger charge is -2.55. The molecule has 0 unspecified atom stereocenters. The normalized spacial score (nSPS) is 18.4. The highest BCUT2D eigenvalue weighted by molar-refractivity contribution is 7.16. The Hall–Kier alpha value is -5.11. The number of nitrogens with zero attached hydrogens (tertiary/aromatic N) is 5. The van der Waals surface area contributed by atoms with Crippen molar-refractivity contribution in [2.24, 2.45) is 0 Å². The summed E-state index contributed by atoms with van der Waals surface area (Å²) in [6, 6.07) is 20.5. The van der Waals surface area contributed by atoms with Crippen LogP contribution >= 0.6 is 11.3 Å². The van der Waals surface area contributed by atoms with Gasteiger partial charge in [-0.25, -0.2) is 25.3 Å². The molecule has 2 saturated heterocycles. The molecule has 5 amide bonds. The van der Waals surface area contributed by atoms with Crippen molar-refractivity contribution >= 4 is 45.3 Å². The predicted molar refractivity (Wildman–Crippen MR) is 171 cm³/mol. The van der Waals surface area contributed by atoms with Crippen molar-refractivity contribution < 1.29 is 24.4 Å². The molecule has 236 valence electrons. The average molecular weight is 640 g/mol. The van der Waals surface area contributed by atoms with E-state index in [-0.39, 0.29) is 56.5 Å². The lowest BCUT2D eigenvalue weighted by molar-refractivity contribution is -0.189. The number of hydrazine groups is 1. The molecule has 13 heteroatoms. The van der Waals surface area contributed by atoms with Crippen LogP contribution in [0.15, 0.2) is 91.0 Å². The third kappa shape index (κ3) is 6.20. The largest absolute Gasteiger partial charge is 0.334 e. The van der Waals surface area contributed by atoms with E-state index in [0.29, 0.717) is 5.56 Å². The number of para-hydroxylation sites is 1. The number of aromatic nitrogens is 1. The molecule has 0 spiro atoms. The van der Waals surface area contributed by atoms with Gasteiger partial charge in [-0.2, -0.15) is 0 Å². The number of rotatable bonds is 9. The summed E-state index contributed by atoms with van der Waals surface area (Å²) in [6.45, 7) is 4.58. The molecule has 6 rings (SSSR count). The molecule has 3 aromatic carbocycles. The van der Waals surface area contributed by atoms with Crippen LogP contribution in [0.25, 0.3) is 10.2 Å². The Morgan fingerprint density at radius 2 is 1.80 bits per heavy atom. The van der Waals surface area contributed by atoms with E-state index in [1.807, 2.05) is 48.5 Å². The maximum absolute atomic E-state index is 14.3. The molecule has 4 aromatic rings. The van der Waals surface area contributed by atoms with E-state index in [1.54, 1.807) is 51.2 Å². The zero-order valence-electron chi connectivity index (χ0n) is 24.9. The van der Waals surface area contributed by atoms with Crippen LogP contribution in [0.1, 0.15) is 27.0 Å². The number of amides is 5. The van der Waals surface area contributed by atoms with Gasteiger partial charge in [0.25, 0.3) is 5.91 Å². The van der Waals surface area contributed by atoms with Crippen LogP contribution in [0.3, 0.4) is 0 Å². The quantitative estimate of drug-likeness (QED) is 0.145. The number of thiazole rings is 1. The molecule has 0 bridgehead atoms. The van der Waals surface area contributed by atoms with Crippen molar-refractivity contribution in [3.63, 3.8) is 0 Å². The summed E-state index contributed by atoms with van der Waals surface area (Å²) in [7, 11) is 0. The number of hydrogen-bond acceptors (Lipinski definition) is 8. The third-order valence-electron chi connectivity index (χ3n) is 8.22. The Balaban J connectivity index is 1.36. The van der Waals surface area contributed by atoms with Gasteiger partial charge in [-0.3, -0.25) is 19.6 Å². The number of hydrogen-bond donors (Lipinski definition) is 3. The highest BCUT2D eigenvalue weighted by Crippen LogP contribution is 2.31. The number of carbonyl (C=O) groups is 4. The van der Waals surface area contributed by atoms with Crippen molar-refractivity contribution in [3.8, 4) is 0 Å². The van der Waals surface area contributed by atoms with E-state index in [2.05, 4.69) is 16.9 Å². The molecule has 12 nitrogen and oxygen atoms in total. The first-order valence-electron chi connectivity index (χ1n) is 14.8. The minimum absolute atomic E-state index is 0.0869. The molecule has 0 saturated carbocycles. The summed E-state index contributed by atoms with van der Waals surface area (Å²) in [6.07, 6.45) is 0.991. The van der Waals surface area contributed by atoms with Crippen LogP contribution < -0.4 is 10.8 Å². The molecule has 3 heterocycles. The first-order valence-corrected chi connectivity index (χ1v) is 15.7. The van der Waals surface area contributed by atoms with Crippen LogP contribution in [-0.4, -0.2) is 85.6 Å². The smallest absolute Gasteiger partial charge is 0.333 e. The predicted octanol–water partition coefficient (Wildman–Crippen LogP) is 3.15. The maximum Gasteiger partial charge on any atom is 0.334 e. The van der Waals surface area contributed by atoms with Gasteiger partial charge in [0.15, 0.2) is 0 Å². The van der Waals surface area contributed by atoms with E-state index in [4.69, 9.17) is 5.21 Å². The Morgan fingerprint density at radius 1 is 1.02 bits per heavy atom. The molecule has 3 N–H and O–H groups in total. The van der Waals surface area contributed by atoms with Gasteiger partial charge in [0, 0.05) is 31.6 Å². The van der Waals surface area contributed by atoms with Gasteiger partial charge in [-0.1, -0.05) is 60.7 Å². The van der Waals surface area contributed by atoms with E-state index < -0.39 is 24.1 Å². The molecular formula is C33H33N7O5S. The van der Waals surface area contributed by atoms with Crippen molar-refractivity contribution in [1.82, 2.24) is 35.6 Å². The lowest BCUT2D eigenvalue weighted by atomic mass is 9.97. The van der Waals surface area contributed by atoms with E-state index in [9.17, 15) is 19.2 Å². The summed E-state index contributed by atoms with van der Waals surface area (Å²) in [5.41, 5.74) is 6.92. The van der Waals surface area contributed by atoms with Crippen molar-refractivity contribution in [1.29, 1.82) is 0 Å². The van der Waals surface area contributed by atoms with E-state index >= 15 is 0 Å². The van der Waals surface area contributed by atoms with Crippen molar-refractivity contribution in [3.05, 3.63) is 113 Å². The molecule has 2 aliphatic rings. The zero-order chi connectivity index (χ0) is 32.2. The fourth-order valence-corrected chi connectivity index (χ4v) is 6.78. The fraction of sp³-hybridized carbons (Fsp3) is 0.242. The fourth-order valence-electron chi connectivity index (χ4n) is 6.06. The van der Waals surface area contributed by atoms with Crippen LogP contribution in [0.4, 0.5) is 4.79 Å². The Labute approximate surface area is 269 Å². The Morgan fingerprint density at radius 3 is 2.54 bits per heavy atom.